The highest BCUT2D eigenvalue weighted by molar-refractivity contribution is 7.10. The minimum Gasteiger partial charge on any atom is -0.497 e. The first kappa shape index (κ1) is 21.1. The number of anilines is 1. The zero-order valence-electron chi connectivity index (χ0n) is 16.8. The summed E-state index contributed by atoms with van der Waals surface area (Å²) in [4.78, 5) is 17.0. The van der Waals surface area contributed by atoms with E-state index in [0.717, 1.165) is 17.0 Å². The van der Waals surface area contributed by atoms with E-state index < -0.39 is 0 Å². The summed E-state index contributed by atoms with van der Waals surface area (Å²) < 4.78 is 5.16. The fourth-order valence-electron chi connectivity index (χ4n) is 2.78. The molecule has 7 heteroatoms. The number of nitrogens with zero attached hydrogens (tertiary/aromatic N) is 2. The molecule has 0 saturated carbocycles. The number of carbonyl (C=O) groups excluding carboxylic acids is 1. The normalized spacial score (nSPS) is 10.9. The minimum atomic E-state index is -0.177. The molecule has 0 atom stereocenters. The van der Waals surface area contributed by atoms with Crippen LogP contribution in [0.15, 0.2) is 60.1 Å². The Balaban J connectivity index is 1.64. The molecule has 0 unspecified atom stereocenters. The first-order valence-electron chi connectivity index (χ1n) is 9.40. The number of methoxy groups -OCH3 is 1. The third-order valence-corrected chi connectivity index (χ3v) is 5.37. The number of benzene rings is 2. The molecule has 6 nitrogen and oxygen atoms in total. The molecule has 30 heavy (non-hydrogen) atoms. The molecule has 1 amide bonds. The predicted octanol–water partition coefficient (Wildman–Crippen LogP) is 4.41. The number of para-hydroxylation sites is 1. The van der Waals surface area contributed by atoms with E-state index in [1.54, 1.807) is 25.4 Å². The molecular weight excluding hydrogens is 396 g/mol. The van der Waals surface area contributed by atoms with Gasteiger partial charge < -0.3 is 15.4 Å². The number of thiazole rings is 1. The molecule has 0 aliphatic heterocycles. The maximum absolute atomic E-state index is 12.7. The lowest BCUT2D eigenvalue weighted by molar-refractivity contribution is 0.0955. The van der Waals surface area contributed by atoms with Crippen molar-refractivity contribution < 1.29 is 9.53 Å². The van der Waals surface area contributed by atoms with Gasteiger partial charge in [0.15, 0.2) is 0 Å². The highest BCUT2D eigenvalue weighted by Crippen LogP contribution is 2.21. The third-order valence-electron chi connectivity index (χ3n) is 4.37. The summed E-state index contributed by atoms with van der Waals surface area (Å²) in [6.07, 6.45) is 2.30. The first-order valence-corrected chi connectivity index (χ1v) is 10.3. The first-order chi connectivity index (χ1) is 14.6. The minimum absolute atomic E-state index is 0.177. The van der Waals surface area contributed by atoms with E-state index in [4.69, 9.17) is 4.74 Å². The number of allylic oxidation sites excluding steroid dienone is 1. The van der Waals surface area contributed by atoms with Crippen LogP contribution in [0.2, 0.25) is 0 Å². The molecular formula is C23H22N4O2S. The molecule has 1 heterocycles. The molecule has 3 rings (SSSR count). The van der Waals surface area contributed by atoms with Crippen molar-refractivity contribution in [2.75, 3.05) is 19.0 Å². The molecule has 1 aromatic heterocycles. The lowest BCUT2D eigenvalue weighted by Gasteiger charge is -2.10. The molecule has 0 saturated heterocycles. The fourth-order valence-corrected chi connectivity index (χ4v) is 3.55. The average molecular weight is 419 g/mol. The second-order valence-electron chi connectivity index (χ2n) is 6.51. The van der Waals surface area contributed by atoms with E-state index >= 15 is 0 Å². The molecule has 2 N–H and O–H groups in total. The molecule has 3 aromatic rings. The summed E-state index contributed by atoms with van der Waals surface area (Å²) in [7, 11) is 1.63. The SMILES string of the molecule is COc1ccc(CCNC(=O)c2ccccc2N/C=C(\C#N)c2nc(C)cs2)cc1. The maximum atomic E-state index is 12.7. The number of carbonyl (C=O) groups is 1. The van der Waals surface area contributed by atoms with Crippen molar-refractivity contribution in [3.63, 3.8) is 0 Å². The number of aryl methyl sites for hydroxylation is 1. The van der Waals surface area contributed by atoms with Crippen LogP contribution in [0.25, 0.3) is 5.57 Å². The van der Waals surface area contributed by atoms with Gasteiger partial charge >= 0.3 is 0 Å². The zero-order valence-corrected chi connectivity index (χ0v) is 17.6. The standard InChI is InChI=1S/C23H22N4O2S/c1-16-15-30-23(27-16)18(13-24)14-26-21-6-4-3-5-20(21)22(28)25-12-11-17-7-9-19(29-2)10-8-17/h3-10,14-15,26H,11-12H2,1-2H3,(H,25,28)/b18-14+. The molecule has 0 fully saturated rings. The fraction of sp³-hybridized carbons (Fsp3) is 0.174. The topological polar surface area (TPSA) is 87.0 Å². The maximum Gasteiger partial charge on any atom is 0.253 e. The summed E-state index contributed by atoms with van der Waals surface area (Å²) in [5.41, 5.74) is 3.54. The number of aromatic nitrogens is 1. The molecule has 0 spiro atoms. The number of amides is 1. The zero-order chi connectivity index (χ0) is 21.3. The second-order valence-corrected chi connectivity index (χ2v) is 7.37. The smallest absolute Gasteiger partial charge is 0.253 e. The van der Waals surface area contributed by atoms with Crippen LogP contribution in [0.3, 0.4) is 0 Å². The molecule has 152 valence electrons. The molecule has 0 radical (unpaired) electrons. The van der Waals surface area contributed by atoms with Crippen molar-refractivity contribution in [1.82, 2.24) is 10.3 Å². The van der Waals surface area contributed by atoms with Crippen molar-refractivity contribution in [3.8, 4) is 11.8 Å². The third kappa shape index (κ3) is 5.46. The highest BCUT2D eigenvalue weighted by Gasteiger charge is 2.11. The van der Waals surface area contributed by atoms with Gasteiger partial charge in [0.1, 0.15) is 22.4 Å². The molecule has 0 bridgehead atoms. The number of rotatable bonds is 8. The van der Waals surface area contributed by atoms with Crippen molar-refractivity contribution in [1.29, 1.82) is 5.26 Å². The number of nitrogens with one attached hydrogen (secondary N) is 2. The predicted molar refractivity (Wildman–Crippen MR) is 120 cm³/mol. The van der Waals surface area contributed by atoms with Gasteiger partial charge in [-0.3, -0.25) is 4.79 Å². The number of nitriles is 1. The highest BCUT2D eigenvalue weighted by atomic mass is 32.1. The van der Waals surface area contributed by atoms with Crippen LogP contribution in [0.5, 0.6) is 5.75 Å². The summed E-state index contributed by atoms with van der Waals surface area (Å²) in [5.74, 6) is 0.629. The van der Waals surface area contributed by atoms with Crippen molar-refractivity contribution in [3.05, 3.63) is 81.9 Å². The van der Waals surface area contributed by atoms with Gasteiger partial charge in [0.25, 0.3) is 5.91 Å². The lowest BCUT2D eigenvalue weighted by Crippen LogP contribution is -2.26. The van der Waals surface area contributed by atoms with E-state index in [2.05, 4.69) is 21.7 Å². The van der Waals surface area contributed by atoms with Crippen LogP contribution in [0.1, 0.15) is 26.6 Å². The lowest BCUT2D eigenvalue weighted by atomic mass is 10.1. The molecule has 0 aliphatic carbocycles. The van der Waals surface area contributed by atoms with E-state index in [9.17, 15) is 10.1 Å². The Morgan fingerprint density at radius 3 is 2.67 bits per heavy atom. The van der Waals surface area contributed by atoms with Crippen molar-refractivity contribution in [2.45, 2.75) is 13.3 Å². The Morgan fingerprint density at radius 2 is 2.00 bits per heavy atom. The number of hydrogen-bond donors (Lipinski definition) is 2. The van der Waals surface area contributed by atoms with Crippen LogP contribution < -0.4 is 15.4 Å². The van der Waals surface area contributed by atoms with Gasteiger partial charge in [-0.15, -0.1) is 11.3 Å². The van der Waals surface area contributed by atoms with Crippen molar-refractivity contribution >= 4 is 28.5 Å². The summed E-state index contributed by atoms with van der Waals surface area (Å²) in [6.45, 7) is 2.39. The van der Waals surface area contributed by atoms with Gasteiger partial charge in [-0.1, -0.05) is 24.3 Å². The van der Waals surface area contributed by atoms with E-state index in [0.29, 0.717) is 34.8 Å². The Labute approximate surface area is 179 Å². The van der Waals surface area contributed by atoms with Gasteiger partial charge in [0.2, 0.25) is 0 Å². The second kappa shape index (κ2) is 10.2. The van der Waals surface area contributed by atoms with Crippen molar-refractivity contribution in [2.24, 2.45) is 0 Å². The Bertz CT molecular complexity index is 1080. The average Bonchev–Trinajstić information content (AvgIpc) is 3.21. The molecule has 2 aromatic carbocycles. The van der Waals surface area contributed by atoms with Crippen LogP contribution in [-0.2, 0) is 6.42 Å². The Hall–Kier alpha value is -3.63. The van der Waals surface area contributed by atoms with E-state index in [-0.39, 0.29) is 5.91 Å². The van der Waals surface area contributed by atoms with Gasteiger partial charge in [-0.05, 0) is 43.2 Å². The summed E-state index contributed by atoms with van der Waals surface area (Å²) >= 11 is 1.41. The Kier molecular flexibility index (Phi) is 7.19. The van der Waals surface area contributed by atoms with Gasteiger partial charge in [0, 0.05) is 23.8 Å². The van der Waals surface area contributed by atoms with Crippen LogP contribution in [0.4, 0.5) is 5.69 Å². The van der Waals surface area contributed by atoms with E-state index in [1.165, 1.54) is 11.3 Å². The van der Waals surface area contributed by atoms with Gasteiger partial charge in [-0.2, -0.15) is 5.26 Å². The van der Waals surface area contributed by atoms with Crippen LogP contribution >= 0.6 is 11.3 Å². The molecule has 0 aliphatic rings. The van der Waals surface area contributed by atoms with Crippen LogP contribution in [0, 0.1) is 18.3 Å². The van der Waals surface area contributed by atoms with Gasteiger partial charge in [0.05, 0.1) is 18.4 Å². The number of hydrogen-bond acceptors (Lipinski definition) is 6. The summed E-state index contributed by atoms with van der Waals surface area (Å²) in [5, 5.41) is 18.0. The van der Waals surface area contributed by atoms with Gasteiger partial charge in [-0.25, -0.2) is 4.98 Å². The van der Waals surface area contributed by atoms with E-state index in [1.807, 2.05) is 48.7 Å². The largest absolute Gasteiger partial charge is 0.497 e. The Morgan fingerprint density at radius 1 is 1.23 bits per heavy atom. The monoisotopic (exact) mass is 418 g/mol. The summed E-state index contributed by atoms with van der Waals surface area (Å²) in [6, 6.07) is 17.1. The van der Waals surface area contributed by atoms with Crippen LogP contribution in [-0.4, -0.2) is 24.5 Å². The quantitative estimate of drug-likeness (QED) is 0.529. The number of ether oxygens (including phenoxy) is 1.